The molecule has 0 saturated carbocycles. The van der Waals surface area contributed by atoms with Crippen LogP contribution in [0.15, 0.2) is 194 Å². The molecule has 50 heavy (non-hydrogen) atoms. The molecule has 0 radical (unpaired) electrons. The van der Waals surface area contributed by atoms with Crippen LogP contribution in [0.5, 0.6) is 0 Å². The van der Waals surface area contributed by atoms with Gasteiger partial charge in [-0.1, -0.05) is 176 Å². The standard InChI is InChI=1S/C50H32/c1-2-15-36-30-40(27-26-33(36)12-1)49-45-22-7-8-23-46(45)50(39-19-9-18-37(31-39)43-24-10-16-34-13-3-5-20-41(34)43)48-32-38(28-29-47(48)49)44-25-11-17-35-14-4-6-21-42(35)44/h1-32H/i7D,8D,22D,23D,28D,29D,32D. The Balaban J connectivity index is 1.44. The van der Waals surface area contributed by atoms with E-state index in [1.165, 1.54) is 0 Å². The van der Waals surface area contributed by atoms with Gasteiger partial charge in [0, 0.05) is 0 Å². The van der Waals surface area contributed by atoms with E-state index in [0.717, 1.165) is 43.4 Å². The minimum atomic E-state index is -0.388. The molecule has 0 aliphatic heterocycles. The number of benzene rings is 10. The molecule has 0 aliphatic carbocycles. The Hall–Kier alpha value is -6.50. The van der Waals surface area contributed by atoms with Crippen LogP contribution in [-0.2, 0) is 0 Å². The zero-order valence-corrected chi connectivity index (χ0v) is 26.9. The van der Waals surface area contributed by atoms with Gasteiger partial charge in [0.05, 0.1) is 9.60 Å². The van der Waals surface area contributed by atoms with E-state index >= 15 is 0 Å². The Morgan fingerprint density at radius 2 is 0.820 bits per heavy atom. The van der Waals surface area contributed by atoms with Crippen molar-refractivity contribution in [2.24, 2.45) is 0 Å². The fourth-order valence-electron chi connectivity index (χ4n) is 7.54. The monoisotopic (exact) mass is 639 g/mol. The largest absolute Gasteiger partial charge is 0.0636 e. The van der Waals surface area contributed by atoms with Crippen LogP contribution in [0.1, 0.15) is 9.60 Å². The van der Waals surface area contributed by atoms with Crippen LogP contribution in [0.25, 0.3) is 98.4 Å². The van der Waals surface area contributed by atoms with E-state index in [0.29, 0.717) is 44.2 Å². The van der Waals surface area contributed by atoms with Gasteiger partial charge >= 0.3 is 0 Å². The molecule has 0 atom stereocenters. The third-order valence-electron chi connectivity index (χ3n) is 9.85. The molecular formula is C50H32. The maximum absolute atomic E-state index is 10.2. The van der Waals surface area contributed by atoms with Gasteiger partial charge in [-0.3, -0.25) is 0 Å². The lowest BCUT2D eigenvalue weighted by Gasteiger charge is -2.20. The van der Waals surface area contributed by atoms with Crippen molar-refractivity contribution in [3.05, 3.63) is 194 Å². The van der Waals surface area contributed by atoms with Gasteiger partial charge in [-0.2, -0.15) is 0 Å². The van der Waals surface area contributed by atoms with Crippen molar-refractivity contribution < 1.29 is 9.60 Å². The summed E-state index contributed by atoms with van der Waals surface area (Å²) in [5, 5.41) is 7.01. The molecule has 232 valence electrons. The highest BCUT2D eigenvalue weighted by Crippen LogP contribution is 2.46. The number of hydrogen-bond acceptors (Lipinski definition) is 0. The highest BCUT2D eigenvalue weighted by atomic mass is 14.2. The zero-order chi connectivity index (χ0) is 39.1. The van der Waals surface area contributed by atoms with Crippen molar-refractivity contribution in [2.45, 2.75) is 0 Å². The van der Waals surface area contributed by atoms with Crippen LogP contribution in [0.3, 0.4) is 0 Å². The fraction of sp³-hybridized carbons (Fsp3) is 0. The average molecular weight is 640 g/mol. The predicted octanol–water partition coefficient (Wildman–Crippen LogP) is 14.1. The number of fused-ring (bicyclic) bond motifs is 5. The van der Waals surface area contributed by atoms with Crippen molar-refractivity contribution in [1.82, 2.24) is 0 Å². The van der Waals surface area contributed by atoms with Crippen LogP contribution in [0.4, 0.5) is 0 Å². The second-order valence-electron chi connectivity index (χ2n) is 12.7. The van der Waals surface area contributed by atoms with Crippen molar-refractivity contribution in [2.75, 3.05) is 0 Å². The summed E-state index contributed by atoms with van der Waals surface area (Å²) in [7, 11) is 0. The first-order valence-electron chi connectivity index (χ1n) is 20.3. The van der Waals surface area contributed by atoms with Crippen LogP contribution in [-0.4, -0.2) is 0 Å². The van der Waals surface area contributed by atoms with Crippen molar-refractivity contribution in [3.63, 3.8) is 0 Å². The number of hydrogen-bond donors (Lipinski definition) is 0. The summed E-state index contributed by atoms with van der Waals surface area (Å²) < 4.78 is 66.7. The maximum Gasteiger partial charge on any atom is 0.0636 e. The summed E-state index contributed by atoms with van der Waals surface area (Å²) in [6, 6.07) is 48.1. The molecule has 0 N–H and O–H groups in total. The van der Waals surface area contributed by atoms with Gasteiger partial charge in [-0.15, -0.1) is 0 Å². The summed E-state index contributed by atoms with van der Waals surface area (Å²) in [4.78, 5) is 0. The highest BCUT2D eigenvalue weighted by molar-refractivity contribution is 6.22. The Kier molecular flexibility index (Phi) is 5.14. The molecule has 10 aromatic carbocycles. The first-order chi connectivity index (χ1) is 27.7. The highest BCUT2D eigenvalue weighted by Gasteiger charge is 2.19. The van der Waals surface area contributed by atoms with Gasteiger partial charge in [-0.25, -0.2) is 0 Å². The van der Waals surface area contributed by atoms with Crippen molar-refractivity contribution >= 4 is 53.9 Å². The third kappa shape index (κ3) is 4.61. The molecule has 0 fully saturated rings. The second-order valence-corrected chi connectivity index (χ2v) is 12.7. The SMILES string of the molecule is [2H]c1c([2H])c([2H])c2c(-c3cccc(-c4cccc5ccccc45)c3)c3c([2H])c(-c4cccc5ccccc45)c([2H])c([2H])c3c(-c3ccc4ccccc4c3)c2c1[2H]. The van der Waals surface area contributed by atoms with E-state index in [4.69, 9.17) is 2.74 Å². The second kappa shape index (κ2) is 11.6. The van der Waals surface area contributed by atoms with E-state index < -0.39 is 0 Å². The lowest BCUT2D eigenvalue weighted by molar-refractivity contribution is 1.63. The smallest absolute Gasteiger partial charge is 0.0616 e. The van der Waals surface area contributed by atoms with Crippen LogP contribution < -0.4 is 0 Å². The van der Waals surface area contributed by atoms with Gasteiger partial charge in [0.1, 0.15) is 0 Å². The molecule has 0 aliphatic rings. The Morgan fingerprint density at radius 1 is 0.300 bits per heavy atom. The molecule has 0 amide bonds. The molecule has 0 bridgehead atoms. The summed E-state index contributed by atoms with van der Waals surface area (Å²) in [5.41, 5.74) is 4.94. The molecule has 0 unspecified atom stereocenters. The van der Waals surface area contributed by atoms with E-state index in [1.54, 1.807) is 0 Å². The number of rotatable bonds is 4. The summed E-state index contributed by atoms with van der Waals surface area (Å²) in [5.74, 6) is 0. The van der Waals surface area contributed by atoms with Gasteiger partial charge in [0.15, 0.2) is 0 Å². The topological polar surface area (TPSA) is 0 Å². The first-order valence-corrected chi connectivity index (χ1v) is 16.8. The average Bonchev–Trinajstić information content (AvgIpc) is 3.25. The Bertz CT molecular complexity index is 3320. The lowest BCUT2D eigenvalue weighted by Crippen LogP contribution is -1.92. The molecule has 0 saturated heterocycles. The van der Waals surface area contributed by atoms with E-state index in [9.17, 15) is 6.85 Å². The van der Waals surface area contributed by atoms with Gasteiger partial charge < -0.3 is 0 Å². The lowest BCUT2D eigenvalue weighted by atomic mass is 9.83. The molecule has 0 heterocycles. The predicted molar refractivity (Wildman–Crippen MR) is 216 cm³/mol. The Morgan fingerprint density at radius 3 is 1.54 bits per heavy atom. The van der Waals surface area contributed by atoms with Crippen molar-refractivity contribution in [1.29, 1.82) is 0 Å². The van der Waals surface area contributed by atoms with E-state index in [2.05, 4.69) is 24.3 Å². The quantitative estimate of drug-likeness (QED) is 0.168. The molecule has 10 rings (SSSR count). The van der Waals surface area contributed by atoms with Gasteiger partial charge in [-0.05, 0) is 117 Å². The third-order valence-corrected chi connectivity index (χ3v) is 9.85. The Labute approximate surface area is 301 Å². The van der Waals surface area contributed by atoms with Crippen molar-refractivity contribution in [3.8, 4) is 44.5 Å². The summed E-state index contributed by atoms with van der Waals surface area (Å²) in [6.07, 6.45) is 0. The maximum atomic E-state index is 10.2. The summed E-state index contributed by atoms with van der Waals surface area (Å²) in [6.45, 7) is 0. The molecule has 0 nitrogen and oxygen atoms in total. The molecular weight excluding hydrogens is 601 g/mol. The van der Waals surface area contributed by atoms with Gasteiger partial charge in [0.25, 0.3) is 0 Å². The van der Waals surface area contributed by atoms with Crippen LogP contribution in [0, 0.1) is 0 Å². The molecule has 0 aromatic heterocycles. The first kappa shape index (κ1) is 22.2. The van der Waals surface area contributed by atoms with E-state index in [1.807, 2.05) is 127 Å². The summed E-state index contributed by atoms with van der Waals surface area (Å²) >= 11 is 0. The normalized spacial score (nSPS) is 13.6. The molecule has 0 spiro atoms. The fourth-order valence-corrected chi connectivity index (χ4v) is 7.54. The van der Waals surface area contributed by atoms with Crippen LogP contribution >= 0.6 is 0 Å². The van der Waals surface area contributed by atoms with Crippen LogP contribution in [0.2, 0.25) is 0 Å². The minimum Gasteiger partial charge on any atom is -0.0616 e. The molecule has 10 aromatic rings. The van der Waals surface area contributed by atoms with E-state index in [-0.39, 0.29) is 53.1 Å². The molecule has 0 heteroatoms. The van der Waals surface area contributed by atoms with Gasteiger partial charge in [0.2, 0.25) is 0 Å². The minimum absolute atomic E-state index is 0.0178. The zero-order valence-electron chi connectivity index (χ0n) is 33.9.